The van der Waals surface area contributed by atoms with Gasteiger partial charge in [-0.25, -0.2) is 0 Å². The summed E-state index contributed by atoms with van der Waals surface area (Å²) < 4.78 is 5.52. The lowest BCUT2D eigenvalue weighted by Gasteiger charge is -2.39. The fourth-order valence-electron chi connectivity index (χ4n) is 5.06. The van der Waals surface area contributed by atoms with Gasteiger partial charge in [-0.1, -0.05) is 24.6 Å². The molecule has 0 N–H and O–H groups in total. The van der Waals surface area contributed by atoms with Crippen LogP contribution in [0.15, 0.2) is 24.3 Å². The highest BCUT2D eigenvalue weighted by molar-refractivity contribution is 5.96. The van der Waals surface area contributed by atoms with Crippen molar-refractivity contribution < 1.29 is 14.3 Å². The number of benzene rings is 1. The molecule has 5 nitrogen and oxygen atoms in total. The number of carbonyl (C=O) groups is 2. The SMILES string of the molecule is CO[C@@H]1CCC[C@H](C(=O)N2C[C@@H]3CN(C(C)=O)C[C@@H]3c3ccccc32)C1. The van der Waals surface area contributed by atoms with Gasteiger partial charge < -0.3 is 14.5 Å². The van der Waals surface area contributed by atoms with Crippen molar-refractivity contribution in [3.05, 3.63) is 29.8 Å². The van der Waals surface area contributed by atoms with Gasteiger partial charge in [-0.2, -0.15) is 0 Å². The standard InChI is InChI=1S/C21H28N2O3/c1-14(24)22-11-16-12-23(20-9-4-3-8-18(20)19(16)13-22)21(25)15-6-5-7-17(10-15)26-2/h3-4,8-9,15-17,19H,5-7,10-13H2,1-2H3/t15-,16-,17+,19-/m0/s1. The minimum atomic E-state index is 0.0450. The quantitative estimate of drug-likeness (QED) is 0.819. The van der Waals surface area contributed by atoms with E-state index in [1.165, 1.54) is 5.56 Å². The van der Waals surface area contributed by atoms with Gasteiger partial charge in [0.2, 0.25) is 11.8 Å². The molecule has 0 aromatic heterocycles. The number of hydrogen-bond donors (Lipinski definition) is 0. The first-order chi connectivity index (χ1) is 12.6. The van der Waals surface area contributed by atoms with E-state index in [4.69, 9.17) is 4.74 Å². The molecule has 2 fully saturated rings. The lowest BCUT2D eigenvalue weighted by molar-refractivity contribution is -0.127. The maximum atomic E-state index is 13.4. The normalized spacial score (nSPS) is 30.7. The molecular weight excluding hydrogens is 328 g/mol. The molecule has 2 aliphatic heterocycles. The van der Waals surface area contributed by atoms with Crippen molar-refractivity contribution >= 4 is 17.5 Å². The molecular formula is C21H28N2O3. The summed E-state index contributed by atoms with van der Waals surface area (Å²) in [6.07, 6.45) is 4.07. The van der Waals surface area contributed by atoms with Crippen LogP contribution in [0.4, 0.5) is 5.69 Å². The maximum absolute atomic E-state index is 13.4. The Bertz CT molecular complexity index is 704. The lowest BCUT2D eigenvalue weighted by atomic mass is 9.81. The molecule has 1 aromatic rings. The van der Waals surface area contributed by atoms with Crippen LogP contribution in [0.1, 0.15) is 44.1 Å². The maximum Gasteiger partial charge on any atom is 0.230 e. The number of hydrogen-bond acceptors (Lipinski definition) is 3. The van der Waals surface area contributed by atoms with Crippen LogP contribution < -0.4 is 4.90 Å². The van der Waals surface area contributed by atoms with E-state index in [2.05, 4.69) is 12.1 Å². The van der Waals surface area contributed by atoms with Crippen molar-refractivity contribution in [3.63, 3.8) is 0 Å². The van der Waals surface area contributed by atoms with Crippen LogP contribution in [-0.4, -0.2) is 49.6 Å². The summed E-state index contributed by atoms with van der Waals surface area (Å²) in [4.78, 5) is 29.2. The largest absolute Gasteiger partial charge is 0.381 e. The summed E-state index contributed by atoms with van der Waals surface area (Å²) in [6, 6.07) is 8.25. The fourth-order valence-corrected chi connectivity index (χ4v) is 5.06. The summed E-state index contributed by atoms with van der Waals surface area (Å²) in [5.74, 6) is 1.09. The minimum absolute atomic E-state index is 0.0450. The van der Waals surface area contributed by atoms with Crippen molar-refractivity contribution in [1.82, 2.24) is 4.90 Å². The van der Waals surface area contributed by atoms with E-state index in [9.17, 15) is 9.59 Å². The zero-order valence-electron chi connectivity index (χ0n) is 15.7. The van der Waals surface area contributed by atoms with E-state index >= 15 is 0 Å². The average molecular weight is 356 g/mol. The molecule has 1 aliphatic carbocycles. The third kappa shape index (κ3) is 3.02. The summed E-state index contributed by atoms with van der Waals surface area (Å²) in [6.45, 7) is 3.88. The van der Waals surface area contributed by atoms with E-state index in [1.54, 1.807) is 14.0 Å². The number of para-hydroxylation sites is 1. The number of ether oxygens (including phenoxy) is 1. The number of nitrogens with zero attached hydrogens (tertiary/aromatic N) is 2. The van der Waals surface area contributed by atoms with Crippen molar-refractivity contribution in [2.75, 3.05) is 31.6 Å². The Morgan fingerprint density at radius 1 is 1.12 bits per heavy atom. The zero-order valence-corrected chi connectivity index (χ0v) is 15.7. The highest BCUT2D eigenvalue weighted by atomic mass is 16.5. The monoisotopic (exact) mass is 356 g/mol. The van der Waals surface area contributed by atoms with Crippen LogP contribution in [0.25, 0.3) is 0 Å². The van der Waals surface area contributed by atoms with Crippen molar-refractivity contribution in [2.45, 2.75) is 44.6 Å². The van der Waals surface area contributed by atoms with E-state index in [1.807, 2.05) is 21.9 Å². The second kappa shape index (κ2) is 7.03. The summed E-state index contributed by atoms with van der Waals surface area (Å²) in [7, 11) is 1.74. The average Bonchev–Trinajstić information content (AvgIpc) is 3.11. The second-order valence-corrected chi connectivity index (χ2v) is 8.02. The lowest BCUT2D eigenvalue weighted by Crippen LogP contribution is -2.45. The molecule has 0 radical (unpaired) electrons. The van der Waals surface area contributed by atoms with Crippen molar-refractivity contribution in [1.29, 1.82) is 0 Å². The Balaban J connectivity index is 1.60. The molecule has 4 rings (SSSR count). The predicted octanol–water partition coefficient (Wildman–Crippen LogP) is 2.80. The molecule has 140 valence electrons. The van der Waals surface area contributed by atoms with Crippen molar-refractivity contribution in [3.8, 4) is 0 Å². The highest BCUT2D eigenvalue weighted by Crippen LogP contribution is 2.44. The van der Waals surface area contributed by atoms with Crippen LogP contribution in [0.2, 0.25) is 0 Å². The number of rotatable bonds is 2. The molecule has 3 aliphatic rings. The molecule has 1 aromatic carbocycles. The molecule has 0 bridgehead atoms. The van der Waals surface area contributed by atoms with E-state index in [-0.39, 0.29) is 23.8 Å². The molecule has 5 heteroatoms. The Morgan fingerprint density at radius 2 is 1.92 bits per heavy atom. The van der Waals surface area contributed by atoms with Gasteiger partial charge in [-0.05, 0) is 30.9 Å². The van der Waals surface area contributed by atoms with Gasteiger partial charge in [-0.15, -0.1) is 0 Å². The molecule has 0 unspecified atom stereocenters. The number of methoxy groups -OCH3 is 1. The highest BCUT2D eigenvalue weighted by Gasteiger charge is 2.43. The van der Waals surface area contributed by atoms with Crippen LogP contribution in [0.3, 0.4) is 0 Å². The van der Waals surface area contributed by atoms with Gasteiger partial charge in [0.05, 0.1) is 6.10 Å². The van der Waals surface area contributed by atoms with Crippen LogP contribution >= 0.6 is 0 Å². The summed E-state index contributed by atoms with van der Waals surface area (Å²) in [5.41, 5.74) is 2.27. The van der Waals surface area contributed by atoms with Gasteiger partial charge in [-0.3, -0.25) is 9.59 Å². The van der Waals surface area contributed by atoms with Gasteiger partial charge in [0.1, 0.15) is 0 Å². The number of anilines is 1. The minimum Gasteiger partial charge on any atom is -0.381 e. The van der Waals surface area contributed by atoms with Gasteiger partial charge >= 0.3 is 0 Å². The number of carbonyl (C=O) groups excluding carboxylic acids is 2. The second-order valence-electron chi connectivity index (χ2n) is 8.02. The molecule has 4 atom stereocenters. The Morgan fingerprint density at radius 3 is 2.69 bits per heavy atom. The summed E-state index contributed by atoms with van der Waals surface area (Å²) in [5, 5.41) is 0. The zero-order chi connectivity index (χ0) is 18.3. The van der Waals surface area contributed by atoms with Crippen LogP contribution in [0, 0.1) is 11.8 Å². The molecule has 2 amide bonds. The third-order valence-corrected chi connectivity index (χ3v) is 6.51. The smallest absolute Gasteiger partial charge is 0.230 e. The number of amides is 2. The Kier molecular flexibility index (Phi) is 4.74. The number of likely N-dealkylation sites (tertiary alicyclic amines) is 1. The molecule has 1 saturated carbocycles. The Hall–Kier alpha value is -1.88. The predicted molar refractivity (Wildman–Crippen MR) is 100 cm³/mol. The summed E-state index contributed by atoms with van der Waals surface area (Å²) >= 11 is 0. The molecule has 26 heavy (non-hydrogen) atoms. The van der Waals surface area contributed by atoms with E-state index < -0.39 is 0 Å². The van der Waals surface area contributed by atoms with Gasteiger partial charge in [0, 0.05) is 57.1 Å². The van der Waals surface area contributed by atoms with E-state index in [0.29, 0.717) is 11.8 Å². The first-order valence-electron chi connectivity index (χ1n) is 9.77. The van der Waals surface area contributed by atoms with E-state index in [0.717, 1.165) is 51.0 Å². The number of fused-ring (bicyclic) bond motifs is 3. The molecule has 1 saturated heterocycles. The third-order valence-electron chi connectivity index (χ3n) is 6.51. The Labute approximate surface area is 155 Å². The first-order valence-corrected chi connectivity index (χ1v) is 9.77. The van der Waals surface area contributed by atoms with Crippen molar-refractivity contribution in [2.24, 2.45) is 11.8 Å². The van der Waals surface area contributed by atoms with Crippen LogP contribution in [-0.2, 0) is 14.3 Å². The van der Waals surface area contributed by atoms with Crippen LogP contribution in [0.5, 0.6) is 0 Å². The first kappa shape index (κ1) is 17.5. The van der Waals surface area contributed by atoms with Gasteiger partial charge in [0.15, 0.2) is 0 Å². The topological polar surface area (TPSA) is 49.9 Å². The van der Waals surface area contributed by atoms with Gasteiger partial charge in [0.25, 0.3) is 0 Å². The molecule has 2 heterocycles. The fraction of sp³-hybridized carbons (Fsp3) is 0.619. The molecule has 0 spiro atoms.